The molecule has 0 atom stereocenters. The van der Waals surface area contributed by atoms with Gasteiger partial charge in [-0.05, 0) is 24.3 Å². The van der Waals surface area contributed by atoms with Gasteiger partial charge in [-0.3, -0.25) is 10.1 Å². The zero-order chi connectivity index (χ0) is 20.3. The lowest BCUT2D eigenvalue weighted by atomic mass is 10.3. The van der Waals surface area contributed by atoms with Gasteiger partial charge in [-0.1, -0.05) is 17.7 Å². The second-order valence-corrected chi connectivity index (χ2v) is 8.01. The van der Waals surface area contributed by atoms with Crippen LogP contribution in [-0.2, 0) is 20.0 Å². The summed E-state index contributed by atoms with van der Waals surface area (Å²) in [6.45, 7) is 0. The molecule has 0 aliphatic rings. The minimum atomic E-state index is -4.27. The van der Waals surface area contributed by atoms with Crippen molar-refractivity contribution < 1.29 is 30.5 Å². The Morgan fingerprint density at radius 3 is 2.00 bits per heavy atom. The molecule has 0 radical (unpaired) electrons. The highest BCUT2D eigenvalue weighted by Crippen LogP contribution is 2.22. The summed E-state index contributed by atoms with van der Waals surface area (Å²) in [5.74, 6) is -2.12. The molecule has 0 spiro atoms. The third kappa shape index (κ3) is 5.67. The fourth-order valence-electron chi connectivity index (χ4n) is 1.51. The quantitative estimate of drug-likeness (QED) is 0.554. The molecule has 4 N–H and O–H groups in total. The van der Waals surface area contributed by atoms with Crippen molar-refractivity contribution in [2.75, 3.05) is 0 Å². The number of primary sulfonamides is 2. The number of halogens is 3. The number of hydrogen-bond donors (Lipinski definition) is 2. The maximum absolute atomic E-state index is 13.1. The van der Waals surface area contributed by atoms with Crippen LogP contribution in [0.4, 0.5) is 14.5 Å². The summed E-state index contributed by atoms with van der Waals surface area (Å²) in [6.07, 6.45) is 0. The minimum absolute atomic E-state index is 0.200. The lowest BCUT2D eigenvalue weighted by Crippen LogP contribution is -2.14. The molecule has 0 saturated carbocycles. The second kappa shape index (κ2) is 8.01. The average Bonchev–Trinajstić information content (AvgIpc) is 2.48. The molecule has 2 rings (SSSR count). The maximum Gasteiger partial charge on any atom is 0.306 e. The molecule has 0 aliphatic carbocycles. The fourth-order valence-corrected chi connectivity index (χ4v) is 2.92. The van der Waals surface area contributed by atoms with E-state index in [1.54, 1.807) is 0 Å². The van der Waals surface area contributed by atoms with Gasteiger partial charge in [0.15, 0.2) is 0 Å². The Morgan fingerprint density at radius 1 is 1.00 bits per heavy atom. The molecule has 0 aromatic heterocycles. The zero-order valence-electron chi connectivity index (χ0n) is 12.5. The molecule has 0 heterocycles. The minimum Gasteiger partial charge on any atom is -0.258 e. The summed E-state index contributed by atoms with van der Waals surface area (Å²) in [4.78, 5) is 8.12. The van der Waals surface area contributed by atoms with E-state index in [1.807, 2.05) is 0 Å². The Labute approximate surface area is 151 Å². The molecule has 0 amide bonds. The highest BCUT2D eigenvalue weighted by molar-refractivity contribution is 7.89. The third-order valence-electron chi connectivity index (χ3n) is 2.67. The molecule has 142 valence electrons. The van der Waals surface area contributed by atoms with Crippen molar-refractivity contribution in [1.82, 2.24) is 0 Å². The Kier molecular flexibility index (Phi) is 6.73. The van der Waals surface area contributed by atoms with Crippen LogP contribution in [0.15, 0.2) is 46.2 Å². The topological polar surface area (TPSA) is 163 Å². The van der Waals surface area contributed by atoms with Gasteiger partial charge in [0, 0.05) is 6.07 Å². The maximum atomic E-state index is 13.1. The SMILES string of the molecule is NS(=O)(=O)c1ccc(F)c(Cl)c1.NS(=O)(=O)c1cccc([N+](=O)[O-])c1F. The molecule has 0 bridgehead atoms. The molecule has 0 unspecified atom stereocenters. The van der Waals surface area contributed by atoms with Crippen molar-refractivity contribution >= 4 is 37.3 Å². The number of nitro groups is 1. The van der Waals surface area contributed by atoms with E-state index in [4.69, 9.17) is 16.7 Å². The highest BCUT2D eigenvalue weighted by atomic mass is 35.5. The van der Waals surface area contributed by atoms with E-state index in [0.717, 1.165) is 36.4 Å². The van der Waals surface area contributed by atoms with E-state index >= 15 is 0 Å². The molecule has 2 aromatic rings. The van der Waals surface area contributed by atoms with E-state index < -0.39 is 47.2 Å². The average molecular weight is 430 g/mol. The van der Waals surface area contributed by atoms with Gasteiger partial charge in [0.25, 0.3) is 0 Å². The van der Waals surface area contributed by atoms with E-state index in [1.165, 1.54) is 0 Å². The number of hydrogen-bond acceptors (Lipinski definition) is 6. The molecule has 0 saturated heterocycles. The van der Waals surface area contributed by atoms with Crippen LogP contribution in [0, 0.1) is 21.7 Å². The van der Waals surface area contributed by atoms with Crippen LogP contribution in [-0.4, -0.2) is 21.8 Å². The van der Waals surface area contributed by atoms with Gasteiger partial charge in [0.2, 0.25) is 25.9 Å². The number of rotatable bonds is 3. The predicted octanol–water partition coefficient (Wildman–Crippen LogP) is 1.51. The van der Waals surface area contributed by atoms with Crippen LogP contribution in [0.3, 0.4) is 0 Å². The number of nitro benzene ring substituents is 1. The summed E-state index contributed by atoms with van der Waals surface area (Å²) >= 11 is 5.32. The number of nitrogens with two attached hydrogens (primary N) is 2. The summed E-state index contributed by atoms with van der Waals surface area (Å²) in [6, 6.07) is 5.72. The van der Waals surface area contributed by atoms with Crippen LogP contribution in [0.5, 0.6) is 0 Å². The molecule has 26 heavy (non-hydrogen) atoms. The van der Waals surface area contributed by atoms with Crippen LogP contribution in [0.2, 0.25) is 5.02 Å². The van der Waals surface area contributed by atoms with E-state index in [9.17, 15) is 35.7 Å². The molecule has 2 aromatic carbocycles. The lowest BCUT2D eigenvalue weighted by Gasteiger charge is -1.99. The van der Waals surface area contributed by atoms with Gasteiger partial charge < -0.3 is 0 Å². The first-order chi connectivity index (χ1) is 11.7. The smallest absolute Gasteiger partial charge is 0.258 e. The monoisotopic (exact) mass is 429 g/mol. The third-order valence-corrected chi connectivity index (χ3v) is 4.79. The van der Waals surface area contributed by atoms with Crippen molar-refractivity contribution in [3.8, 4) is 0 Å². The van der Waals surface area contributed by atoms with Gasteiger partial charge in [-0.25, -0.2) is 31.5 Å². The van der Waals surface area contributed by atoms with Crippen LogP contribution in [0.1, 0.15) is 0 Å². The molecular weight excluding hydrogens is 420 g/mol. The summed E-state index contributed by atoms with van der Waals surface area (Å²) in [5, 5.41) is 19.4. The van der Waals surface area contributed by atoms with Crippen molar-refractivity contribution in [2.24, 2.45) is 10.3 Å². The Hall–Kier alpha value is -2.19. The first kappa shape index (κ1) is 21.9. The van der Waals surface area contributed by atoms with E-state index in [-0.39, 0.29) is 9.92 Å². The number of benzene rings is 2. The molecular formula is C12H10ClF2N3O6S2. The van der Waals surface area contributed by atoms with Crippen molar-refractivity contribution in [3.63, 3.8) is 0 Å². The molecule has 0 aliphatic heterocycles. The molecule has 14 heteroatoms. The van der Waals surface area contributed by atoms with Gasteiger partial charge in [0.1, 0.15) is 10.7 Å². The summed E-state index contributed by atoms with van der Waals surface area (Å²) < 4.78 is 68.5. The van der Waals surface area contributed by atoms with Crippen molar-refractivity contribution in [1.29, 1.82) is 0 Å². The van der Waals surface area contributed by atoms with Gasteiger partial charge in [0.05, 0.1) is 14.8 Å². The Morgan fingerprint density at radius 2 is 1.58 bits per heavy atom. The largest absolute Gasteiger partial charge is 0.306 e. The summed E-state index contributed by atoms with van der Waals surface area (Å²) in [7, 11) is -8.06. The van der Waals surface area contributed by atoms with Crippen molar-refractivity contribution in [2.45, 2.75) is 9.79 Å². The Bertz CT molecular complexity index is 1060. The first-order valence-electron chi connectivity index (χ1n) is 6.18. The lowest BCUT2D eigenvalue weighted by molar-refractivity contribution is -0.387. The van der Waals surface area contributed by atoms with Crippen LogP contribution in [0.25, 0.3) is 0 Å². The molecule has 9 nitrogen and oxygen atoms in total. The highest BCUT2D eigenvalue weighted by Gasteiger charge is 2.23. The standard InChI is InChI=1S/C6H5ClFNO2S.C6H5FN2O4S/c7-5-3-4(12(9,10)11)1-2-6(5)8;7-6-4(9(10)11)2-1-3-5(6)14(8,12)13/h1-3H,(H2,9,10,11);1-3H,(H2,8,12,13). The normalized spacial score (nSPS) is 11.4. The van der Waals surface area contributed by atoms with Crippen LogP contribution < -0.4 is 10.3 Å². The van der Waals surface area contributed by atoms with Gasteiger partial charge in [-0.15, -0.1) is 0 Å². The van der Waals surface area contributed by atoms with Crippen LogP contribution >= 0.6 is 11.6 Å². The van der Waals surface area contributed by atoms with E-state index in [2.05, 4.69) is 5.14 Å². The second-order valence-electron chi connectivity index (χ2n) is 4.51. The predicted molar refractivity (Wildman–Crippen MR) is 87.2 cm³/mol. The zero-order valence-corrected chi connectivity index (χ0v) is 14.9. The van der Waals surface area contributed by atoms with E-state index in [0.29, 0.717) is 0 Å². The number of sulfonamides is 2. The first-order valence-corrected chi connectivity index (χ1v) is 9.65. The van der Waals surface area contributed by atoms with Gasteiger partial charge in [-0.2, -0.15) is 4.39 Å². The summed E-state index contributed by atoms with van der Waals surface area (Å²) in [5.41, 5.74) is -0.920. The van der Waals surface area contributed by atoms with Crippen molar-refractivity contribution in [3.05, 3.63) is 63.2 Å². The fraction of sp³-hybridized carbons (Fsp3) is 0. The molecule has 0 fully saturated rings. The number of nitrogens with zero attached hydrogens (tertiary/aromatic N) is 1. The Balaban J connectivity index is 0.000000263. The van der Waals surface area contributed by atoms with Gasteiger partial charge >= 0.3 is 5.69 Å².